The van der Waals surface area contributed by atoms with Crippen LogP contribution in [0.4, 0.5) is 0 Å². The predicted molar refractivity (Wildman–Crippen MR) is 111 cm³/mol. The third kappa shape index (κ3) is 5.81. The molecule has 7 heteroatoms. The summed E-state index contributed by atoms with van der Waals surface area (Å²) in [6.45, 7) is 8.21. The summed E-state index contributed by atoms with van der Waals surface area (Å²) in [4.78, 5) is 29.0. The van der Waals surface area contributed by atoms with Crippen LogP contribution in [0.3, 0.4) is 0 Å². The number of ether oxygens (including phenoxy) is 2. The van der Waals surface area contributed by atoms with Crippen LogP contribution in [0.5, 0.6) is 5.75 Å². The highest BCUT2D eigenvalue weighted by Crippen LogP contribution is 2.32. The minimum Gasteiger partial charge on any atom is -0.493 e. The van der Waals surface area contributed by atoms with Gasteiger partial charge in [-0.15, -0.1) is 0 Å². The fourth-order valence-corrected chi connectivity index (χ4v) is 3.09. The maximum atomic E-state index is 13.1. The number of aliphatic hydroxyl groups excluding tert-OH is 1. The molecule has 0 saturated carbocycles. The van der Waals surface area contributed by atoms with Gasteiger partial charge < -0.3 is 19.5 Å². The first-order valence-electron chi connectivity index (χ1n) is 10.1. The highest BCUT2D eigenvalue weighted by molar-refractivity contribution is 6.35. The zero-order chi connectivity index (χ0) is 21.4. The Labute approximate surface area is 172 Å². The molecule has 0 bridgehead atoms. The lowest BCUT2D eigenvalue weighted by atomic mass is 10.0. The quantitative estimate of drug-likeness (QED) is 0.425. The van der Waals surface area contributed by atoms with Crippen LogP contribution in [0.25, 0.3) is 5.57 Å². The molecule has 7 nitrogen and oxygen atoms in total. The SMILES string of the molecule is CCOCCCN1C(=O)C(c2ccc(OCC(C)C)cc2)=C(N(C)CCO)C1=O. The summed E-state index contributed by atoms with van der Waals surface area (Å²) in [5, 5.41) is 9.31. The van der Waals surface area contributed by atoms with Crippen molar-refractivity contribution in [3.05, 3.63) is 35.5 Å². The normalized spacial score (nSPS) is 14.3. The molecular formula is C22H32N2O5. The van der Waals surface area contributed by atoms with Crippen molar-refractivity contribution in [3.8, 4) is 5.75 Å². The van der Waals surface area contributed by atoms with Gasteiger partial charge in [0.2, 0.25) is 0 Å². The highest BCUT2D eigenvalue weighted by atomic mass is 16.5. The van der Waals surface area contributed by atoms with E-state index in [0.717, 1.165) is 5.75 Å². The van der Waals surface area contributed by atoms with E-state index in [2.05, 4.69) is 13.8 Å². The Morgan fingerprint density at radius 3 is 2.41 bits per heavy atom. The molecule has 0 saturated heterocycles. The zero-order valence-corrected chi connectivity index (χ0v) is 17.8. The van der Waals surface area contributed by atoms with Gasteiger partial charge in [-0.3, -0.25) is 14.5 Å². The van der Waals surface area contributed by atoms with Crippen molar-refractivity contribution in [3.63, 3.8) is 0 Å². The van der Waals surface area contributed by atoms with Gasteiger partial charge in [0.15, 0.2) is 0 Å². The van der Waals surface area contributed by atoms with Crippen molar-refractivity contribution in [2.24, 2.45) is 5.92 Å². The number of amides is 2. The van der Waals surface area contributed by atoms with E-state index in [1.807, 2.05) is 19.1 Å². The molecular weight excluding hydrogens is 372 g/mol. The number of likely N-dealkylation sites (N-methyl/N-ethyl adjacent to an activating group) is 1. The number of benzene rings is 1. The van der Waals surface area contributed by atoms with Crippen LogP contribution in [-0.2, 0) is 14.3 Å². The molecule has 160 valence electrons. The monoisotopic (exact) mass is 404 g/mol. The molecule has 0 radical (unpaired) electrons. The number of nitrogens with zero attached hydrogens (tertiary/aromatic N) is 2. The maximum Gasteiger partial charge on any atom is 0.277 e. The van der Waals surface area contributed by atoms with E-state index in [9.17, 15) is 14.7 Å². The van der Waals surface area contributed by atoms with E-state index >= 15 is 0 Å². The van der Waals surface area contributed by atoms with Gasteiger partial charge in [-0.2, -0.15) is 0 Å². The Hall–Kier alpha value is -2.38. The molecule has 0 unspecified atom stereocenters. The Morgan fingerprint density at radius 2 is 1.83 bits per heavy atom. The van der Waals surface area contributed by atoms with Gasteiger partial charge in [-0.1, -0.05) is 26.0 Å². The lowest BCUT2D eigenvalue weighted by molar-refractivity contribution is -0.137. The van der Waals surface area contributed by atoms with Gasteiger partial charge in [-0.05, 0) is 37.0 Å². The molecule has 2 rings (SSSR count). The highest BCUT2D eigenvalue weighted by Gasteiger charge is 2.40. The van der Waals surface area contributed by atoms with Crippen molar-refractivity contribution in [1.82, 2.24) is 9.80 Å². The number of carbonyl (C=O) groups excluding carboxylic acids is 2. The summed E-state index contributed by atoms with van der Waals surface area (Å²) in [5.74, 6) is 0.480. The second-order valence-corrected chi connectivity index (χ2v) is 7.41. The van der Waals surface area contributed by atoms with Gasteiger partial charge in [0, 0.05) is 33.4 Å². The Balaban J connectivity index is 2.27. The molecule has 2 amide bonds. The van der Waals surface area contributed by atoms with Crippen LogP contribution in [0.1, 0.15) is 32.8 Å². The number of rotatable bonds is 12. The van der Waals surface area contributed by atoms with Crippen LogP contribution in [-0.4, -0.2) is 73.3 Å². The van der Waals surface area contributed by atoms with E-state index in [-0.39, 0.29) is 25.0 Å². The number of imide groups is 1. The third-order valence-corrected chi connectivity index (χ3v) is 4.56. The zero-order valence-electron chi connectivity index (χ0n) is 17.8. The average molecular weight is 405 g/mol. The molecule has 0 spiro atoms. The molecule has 0 aliphatic carbocycles. The number of hydrogen-bond donors (Lipinski definition) is 1. The van der Waals surface area contributed by atoms with E-state index in [4.69, 9.17) is 9.47 Å². The van der Waals surface area contributed by atoms with E-state index in [0.29, 0.717) is 55.5 Å². The summed E-state index contributed by atoms with van der Waals surface area (Å²) in [7, 11) is 1.71. The fraction of sp³-hybridized carbons (Fsp3) is 0.545. The largest absolute Gasteiger partial charge is 0.493 e. The van der Waals surface area contributed by atoms with Gasteiger partial charge in [-0.25, -0.2) is 0 Å². The van der Waals surface area contributed by atoms with Crippen molar-refractivity contribution in [2.75, 3.05) is 46.6 Å². The number of carbonyl (C=O) groups is 2. The van der Waals surface area contributed by atoms with Crippen LogP contribution in [0.2, 0.25) is 0 Å². The molecule has 0 fully saturated rings. The Morgan fingerprint density at radius 1 is 1.14 bits per heavy atom. The summed E-state index contributed by atoms with van der Waals surface area (Å²) in [5.41, 5.74) is 1.33. The first-order chi connectivity index (χ1) is 13.9. The van der Waals surface area contributed by atoms with Crippen molar-refractivity contribution in [1.29, 1.82) is 0 Å². The molecule has 1 aromatic carbocycles. The first-order valence-corrected chi connectivity index (χ1v) is 10.1. The number of aliphatic hydroxyl groups is 1. The smallest absolute Gasteiger partial charge is 0.277 e. The molecule has 1 heterocycles. The van der Waals surface area contributed by atoms with Gasteiger partial charge in [0.25, 0.3) is 11.8 Å². The minimum atomic E-state index is -0.336. The second-order valence-electron chi connectivity index (χ2n) is 7.41. The standard InChI is InChI=1S/C22H32N2O5/c1-5-28-14-6-11-24-21(26)19(20(22(24)27)23(4)12-13-25)17-7-9-18(10-8-17)29-15-16(2)3/h7-10,16,25H,5-6,11-15H2,1-4H3. The van der Waals surface area contributed by atoms with Crippen molar-refractivity contribution < 1.29 is 24.2 Å². The maximum absolute atomic E-state index is 13.1. The molecule has 29 heavy (non-hydrogen) atoms. The molecule has 0 aromatic heterocycles. The van der Waals surface area contributed by atoms with Crippen molar-refractivity contribution in [2.45, 2.75) is 27.2 Å². The molecule has 1 N–H and O–H groups in total. The summed E-state index contributed by atoms with van der Waals surface area (Å²) >= 11 is 0. The molecule has 1 aliphatic rings. The summed E-state index contributed by atoms with van der Waals surface area (Å²) in [6, 6.07) is 7.22. The lowest BCUT2D eigenvalue weighted by Crippen LogP contribution is -2.36. The van der Waals surface area contributed by atoms with E-state index in [1.165, 1.54) is 4.90 Å². The van der Waals surface area contributed by atoms with Crippen LogP contribution >= 0.6 is 0 Å². The molecule has 0 atom stereocenters. The summed E-state index contributed by atoms with van der Waals surface area (Å²) < 4.78 is 11.0. The summed E-state index contributed by atoms with van der Waals surface area (Å²) in [6.07, 6.45) is 0.581. The topological polar surface area (TPSA) is 79.3 Å². The van der Waals surface area contributed by atoms with Gasteiger partial charge >= 0.3 is 0 Å². The Bertz CT molecular complexity index is 727. The van der Waals surface area contributed by atoms with Crippen LogP contribution in [0.15, 0.2) is 30.0 Å². The van der Waals surface area contributed by atoms with Crippen LogP contribution in [0, 0.1) is 5.92 Å². The van der Waals surface area contributed by atoms with Gasteiger partial charge in [0.1, 0.15) is 11.4 Å². The third-order valence-electron chi connectivity index (χ3n) is 4.56. The number of hydrogen-bond acceptors (Lipinski definition) is 6. The lowest BCUT2D eigenvalue weighted by Gasteiger charge is -2.20. The fourth-order valence-electron chi connectivity index (χ4n) is 3.09. The molecule has 1 aromatic rings. The average Bonchev–Trinajstić information content (AvgIpc) is 2.94. The van der Waals surface area contributed by atoms with E-state index in [1.54, 1.807) is 24.1 Å². The van der Waals surface area contributed by atoms with Gasteiger partial charge in [0.05, 0.1) is 18.8 Å². The Kier molecular flexibility index (Phi) is 8.67. The minimum absolute atomic E-state index is 0.110. The predicted octanol–water partition coefficient (Wildman–Crippen LogP) is 2.15. The van der Waals surface area contributed by atoms with Crippen LogP contribution < -0.4 is 4.74 Å². The first kappa shape index (κ1) is 22.9. The van der Waals surface area contributed by atoms with Crippen molar-refractivity contribution >= 4 is 17.4 Å². The second kappa shape index (κ2) is 11.0. The molecule has 1 aliphatic heterocycles. The van der Waals surface area contributed by atoms with E-state index < -0.39 is 0 Å².